The van der Waals surface area contributed by atoms with Gasteiger partial charge in [0, 0.05) is 11.6 Å². The lowest BCUT2D eigenvalue weighted by Crippen LogP contribution is -2.09. The molecule has 0 radical (unpaired) electrons. The van der Waals surface area contributed by atoms with E-state index >= 15 is 0 Å². The summed E-state index contributed by atoms with van der Waals surface area (Å²) in [5, 5.41) is 0. The van der Waals surface area contributed by atoms with E-state index in [0.29, 0.717) is 29.7 Å². The van der Waals surface area contributed by atoms with E-state index in [-0.39, 0.29) is 0 Å². The van der Waals surface area contributed by atoms with Gasteiger partial charge in [0.2, 0.25) is 10.0 Å². The van der Waals surface area contributed by atoms with Crippen molar-refractivity contribution in [1.82, 2.24) is 0 Å². The van der Waals surface area contributed by atoms with Crippen LogP contribution in [0, 0.1) is 0 Å². The quantitative estimate of drug-likeness (QED) is 0.773. The number of hydrogen-bond acceptors (Lipinski definition) is 4. The van der Waals surface area contributed by atoms with Gasteiger partial charge in [-0.3, -0.25) is 4.72 Å². The standard InChI is InChI=1S/C16H18ClNO4S/c1-21-16-8-12(6-7-13(16)10-17)11-22-15-5-3-4-14(9-15)18-23(2,19)20/h3-9,18H,10-11H2,1-2H3. The smallest absolute Gasteiger partial charge is 0.229 e. The third-order valence-corrected chi connectivity index (χ3v) is 3.93. The maximum atomic E-state index is 11.2. The Kier molecular flexibility index (Phi) is 5.74. The van der Waals surface area contributed by atoms with Gasteiger partial charge in [0.05, 0.1) is 24.9 Å². The zero-order chi connectivity index (χ0) is 16.9. The molecule has 0 heterocycles. The molecule has 0 aliphatic carbocycles. The highest BCUT2D eigenvalue weighted by molar-refractivity contribution is 7.92. The van der Waals surface area contributed by atoms with Crippen molar-refractivity contribution >= 4 is 27.3 Å². The minimum absolute atomic E-state index is 0.335. The molecule has 7 heteroatoms. The fraction of sp³-hybridized carbons (Fsp3) is 0.250. The van der Waals surface area contributed by atoms with E-state index in [9.17, 15) is 8.42 Å². The number of ether oxygens (including phenoxy) is 2. The average Bonchev–Trinajstić information content (AvgIpc) is 2.51. The Labute approximate surface area is 141 Å². The second-order valence-electron chi connectivity index (χ2n) is 4.97. The minimum Gasteiger partial charge on any atom is -0.496 e. The van der Waals surface area contributed by atoms with Crippen LogP contribution in [0.25, 0.3) is 0 Å². The summed E-state index contributed by atoms with van der Waals surface area (Å²) in [5.74, 6) is 1.66. The molecular weight excluding hydrogens is 338 g/mol. The third-order valence-electron chi connectivity index (χ3n) is 3.04. The summed E-state index contributed by atoms with van der Waals surface area (Å²) >= 11 is 5.84. The first kappa shape index (κ1) is 17.4. The number of sulfonamides is 1. The van der Waals surface area contributed by atoms with Crippen molar-refractivity contribution in [1.29, 1.82) is 0 Å². The Morgan fingerprint density at radius 3 is 2.61 bits per heavy atom. The summed E-state index contributed by atoms with van der Waals surface area (Å²) in [6.45, 7) is 0.335. The fourth-order valence-electron chi connectivity index (χ4n) is 2.02. The number of hydrogen-bond donors (Lipinski definition) is 1. The van der Waals surface area contributed by atoms with Gasteiger partial charge in [-0.25, -0.2) is 8.42 Å². The Morgan fingerprint density at radius 1 is 1.17 bits per heavy atom. The summed E-state index contributed by atoms with van der Waals surface area (Å²) < 4.78 is 35.9. The van der Waals surface area contributed by atoms with Gasteiger partial charge in [0.15, 0.2) is 0 Å². The molecule has 23 heavy (non-hydrogen) atoms. The fourth-order valence-corrected chi connectivity index (χ4v) is 2.80. The van der Waals surface area contributed by atoms with Crippen LogP contribution in [0.2, 0.25) is 0 Å². The van der Waals surface area contributed by atoms with Crippen molar-refractivity contribution in [2.75, 3.05) is 18.1 Å². The molecule has 0 fully saturated rings. The Morgan fingerprint density at radius 2 is 1.96 bits per heavy atom. The molecule has 0 aliphatic heterocycles. The van der Waals surface area contributed by atoms with Gasteiger partial charge in [-0.2, -0.15) is 0 Å². The van der Waals surface area contributed by atoms with Crippen LogP contribution < -0.4 is 14.2 Å². The Hall–Kier alpha value is -1.92. The SMILES string of the molecule is COc1cc(COc2cccc(NS(C)(=O)=O)c2)ccc1CCl. The molecule has 0 aromatic heterocycles. The van der Waals surface area contributed by atoms with E-state index in [1.165, 1.54) is 0 Å². The van der Waals surface area contributed by atoms with E-state index in [4.69, 9.17) is 21.1 Å². The maximum absolute atomic E-state index is 11.2. The molecule has 0 saturated heterocycles. The molecule has 2 aromatic rings. The number of nitrogens with one attached hydrogen (secondary N) is 1. The van der Waals surface area contributed by atoms with Crippen molar-refractivity contribution in [3.05, 3.63) is 53.6 Å². The summed E-state index contributed by atoms with van der Waals surface area (Å²) in [5.41, 5.74) is 2.30. The molecule has 0 saturated carbocycles. The van der Waals surface area contributed by atoms with Crippen LogP contribution in [-0.4, -0.2) is 21.8 Å². The zero-order valence-corrected chi connectivity index (χ0v) is 14.4. The number of rotatable bonds is 7. The number of halogens is 1. The van der Waals surface area contributed by atoms with Gasteiger partial charge < -0.3 is 9.47 Å². The highest BCUT2D eigenvalue weighted by Gasteiger charge is 2.06. The van der Waals surface area contributed by atoms with Crippen LogP contribution in [0.3, 0.4) is 0 Å². The Bertz CT molecular complexity index is 777. The topological polar surface area (TPSA) is 64.6 Å². The van der Waals surface area contributed by atoms with Gasteiger partial charge in [0.1, 0.15) is 18.1 Å². The van der Waals surface area contributed by atoms with Crippen molar-refractivity contribution in [2.45, 2.75) is 12.5 Å². The average molecular weight is 356 g/mol. The first-order valence-corrected chi connectivity index (χ1v) is 9.26. The van der Waals surface area contributed by atoms with Gasteiger partial charge >= 0.3 is 0 Å². The molecule has 124 valence electrons. The summed E-state index contributed by atoms with van der Waals surface area (Å²) in [6, 6.07) is 12.5. The van der Waals surface area contributed by atoms with Gasteiger partial charge in [-0.1, -0.05) is 18.2 Å². The molecule has 0 aliphatic rings. The highest BCUT2D eigenvalue weighted by atomic mass is 35.5. The van der Waals surface area contributed by atoms with E-state index in [1.54, 1.807) is 31.4 Å². The molecule has 2 rings (SSSR count). The third kappa shape index (κ3) is 5.33. The van der Waals surface area contributed by atoms with Crippen LogP contribution in [0.15, 0.2) is 42.5 Å². The van der Waals surface area contributed by atoms with Crippen LogP contribution in [0.5, 0.6) is 11.5 Å². The Balaban J connectivity index is 2.07. The lowest BCUT2D eigenvalue weighted by atomic mass is 10.1. The van der Waals surface area contributed by atoms with Crippen LogP contribution in [0.4, 0.5) is 5.69 Å². The van der Waals surface area contributed by atoms with Crippen LogP contribution in [0.1, 0.15) is 11.1 Å². The van der Waals surface area contributed by atoms with Gasteiger partial charge in [-0.15, -0.1) is 11.6 Å². The molecule has 1 N–H and O–H groups in total. The number of methoxy groups -OCH3 is 1. The lowest BCUT2D eigenvalue weighted by molar-refractivity contribution is 0.305. The molecule has 0 unspecified atom stereocenters. The maximum Gasteiger partial charge on any atom is 0.229 e. The first-order valence-electron chi connectivity index (χ1n) is 6.83. The highest BCUT2D eigenvalue weighted by Crippen LogP contribution is 2.24. The molecule has 0 bridgehead atoms. The zero-order valence-electron chi connectivity index (χ0n) is 12.9. The molecule has 0 amide bonds. The molecule has 2 aromatic carbocycles. The summed E-state index contributed by atoms with van der Waals surface area (Å²) in [6.07, 6.45) is 1.10. The van der Waals surface area contributed by atoms with Crippen molar-refractivity contribution in [3.63, 3.8) is 0 Å². The van der Waals surface area contributed by atoms with E-state index in [1.807, 2.05) is 18.2 Å². The molecule has 0 atom stereocenters. The first-order chi connectivity index (χ1) is 10.9. The van der Waals surface area contributed by atoms with Crippen molar-refractivity contribution in [3.8, 4) is 11.5 Å². The molecule has 0 spiro atoms. The van der Waals surface area contributed by atoms with Crippen LogP contribution in [-0.2, 0) is 22.5 Å². The largest absolute Gasteiger partial charge is 0.496 e. The predicted octanol–water partition coefficient (Wildman–Crippen LogP) is 3.38. The minimum atomic E-state index is -3.31. The second-order valence-corrected chi connectivity index (χ2v) is 6.99. The van der Waals surface area contributed by atoms with E-state index in [0.717, 1.165) is 17.4 Å². The van der Waals surface area contributed by atoms with Crippen LogP contribution >= 0.6 is 11.6 Å². The molecule has 5 nitrogen and oxygen atoms in total. The van der Waals surface area contributed by atoms with E-state index in [2.05, 4.69) is 4.72 Å². The normalized spacial score (nSPS) is 11.1. The number of benzene rings is 2. The lowest BCUT2D eigenvalue weighted by Gasteiger charge is -2.11. The summed E-state index contributed by atoms with van der Waals surface area (Å²) in [7, 11) is -1.72. The van der Waals surface area contributed by atoms with Gasteiger partial charge in [0.25, 0.3) is 0 Å². The predicted molar refractivity (Wildman–Crippen MR) is 91.8 cm³/mol. The number of alkyl halides is 1. The summed E-state index contributed by atoms with van der Waals surface area (Å²) in [4.78, 5) is 0. The van der Waals surface area contributed by atoms with Crippen molar-refractivity contribution < 1.29 is 17.9 Å². The number of anilines is 1. The second kappa shape index (κ2) is 7.57. The monoisotopic (exact) mass is 355 g/mol. The van der Waals surface area contributed by atoms with Crippen molar-refractivity contribution in [2.24, 2.45) is 0 Å². The van der Waals surface area contributed by atoms with E-state index < -0.39 is 10.0 Å². The molecular formula is C16H18ClNO4S. The van der Waals surface area contributed by atoms with Gasteiger partial charge in [-0.05, 0) is 23.8 Å².